The van der Waals surface area contributed by atoms with Gasteiger partial charge in [0.05, 0.1) is 28.2 Å². The van der Waals surface area contributed by atoms with Crippen LogP contribution in [0, 0.1) is 0 Å². The molecule has 1 spiro atoms. The summed E-state index contributed by atoms with van der Waals surface area (Å²) in [4.78, 5) is 15.2. The van der Waals surface area contributed by atoms with E-state index in [0.717, 1.165) is 11.6 Å². The van der Waals surface area contributed by atoms with Crippen molar-refractivity contribution >= 4 is 34.4 Å². The lowest BCUT2D eigenvalue weighted by Gasteiger charge is -2.55. The molecule has 4 nitrogen and oxygen atoms in total. The molecule has 4 aromatic carbocycles. The minimum absolute atomic E-state index is 0.187. The molecular weight excluding hydrogens is 548 g/mol. The van der Waals surface area contributed by atoms with Crippen molar-refractivity contribution in [2.45, 2.75) is 43.9 Å². The monoisotopic (exact) mass is 580 g/mol. The van der Waals surface area contributed by atoms with Crippen molar-refractivity contribution in [2.24, 2.45) is 0 Å². The zero-order chi connectivity index (χ0) is 30.3. The highest BCUT2D eigenvalue weighted by Crippen LogP contribution is 2.68. The van der Waals surface area contributed by atoms with Gasteiger partial charge in [0.15, 0.2) is 0 Å². The van der Waals surface area contributed by atoms with Crippen LogP contribution < -0.4 is 9.80 Å². The Bertz CT molecular complexity index is 2100. The van der Waals surface area contributed by atoms with Gasteiger partial charge in [0.25, 0.3) is 0 Å². The normalized spacial score (nSPS) is 19.9. The maximum absolute atomic E-state index is 5.23. The average molecular weight is 581 g/mol. The average Bonchev–Trinajstić information content (AvgIpc) is 3.07. The van der Waals surface area contributed by atoms with Gasteiger partial charge in [0.1, 0.15) is 11.6 Å². The van der Waals surface area contributed by atoms with Gasteiger partial charge in [0.2, 0.25) is 0 Å². The van der Waals surface area contributed by atoms with Crippen molar-refractivity contribution in [1.29, 1.82) is 0 Å². The first-order valence-corrected chi connectivity index (χ1v) is 15.9. The van der Waals surface area contributed by atoms with Crippen molar-refractivity contribution in [1.82, 2.24) is 9.97 Å². The summed E-state index contributed by atoms with van der Waals surface area (Å²) in [7, 11) is 0. The molecule has 0 aliphatic carbocycles. The van der Waals surface area contributed by atoms with Gasteiger partial charge in [-0.2, -0.15) is 0 Å². The summed E-state index contributed by atoms with van der Waals surface area (Å²) in [6.45, 7) is 9.42. The molecule has 4 aliphatic rings. The topological polar surface area (TPSA) is 32.3 Å². The van der Waals surface area contributed by atoms with Crippen molar-refractivity contribution in [3.63, 3.8) is 0 Å². The summed E-state index contributed by atoms with van der Waals surface area (Å²) >= 11 is 0. The van der Waals surface area contributed by atoms with E-state index in [9.17, 15) is 0 Å². The number of hydrogen-bond acceptors (Lipinski definition) is 4. The third kappa shape index (κ3) is 2.72. The summed E-state index contributed by atoms with van der Waals surface area (Å²) in [5.41, 5.74) is 14.1. The van der Waals surface area contributed by atoms with Crippen molar-refractivity contribution in [3.05, 3.63) is 166 Å². The molecule has 0 bridgehead atoms. The molecule has 4 heteroatoms. The van der Waals surface area contributed by atoms with Crippen LogP contribution in [0.5, 0.6) is 0 Å². The van der Waals surface area contributed by atoms with Crippen LogP contribution in [-0.4, -0.2) is 9.97 Å². The number of nitrogens with zero attached hydrogens (tertiary/aromatic N) is 4. The van der Waals surface area contributed by atoms with Crippen molar-refractivity contribution < 1.29 is 0 Å². The molecule has 10 rings (SSSR count). The number of pyridine rings is 2. The van der Waals surface area contributed by atoms with Gasteiger partial charge < -0.3 is 0 Å². The smallest absolute Gasteiger partial charge is 0.142 e. The minimum atomic E-state index is -0.589. The van der Waals surface area contributed by atoms with E-state index in [0.29, 0.717) is 0 Å². The molecule has 216 valence electrons. The zero-order valence-electron chi connectivity index (χ0n) is 25.8. The largest absolute Gasteiger partial charge is 0.294 e. The van der Waals surface area contributed by atoms with Gasteiger partial charge in [-0.05, 0) is 57.6 Å². The third-order valence-corrected chi connectivity index (χ3v) is 11.1. The second-order valence-electron chi connectivity index (χ2n) is 13.9. The summed E-state index contributed by atoms with van der Waals surface area (Å²) < 4.78 is 0. The van der Waals surface area contributed by atoms with Crippen LogP contribution in [0.25, 0.3) is 0 Å². The second-order valence-corrected chi connectivity index (χ2v) is 13.9. The van der Waals surface area contributed by atoms with Crippen molar-refractivity contribution in [3.8, 4) is 0 Å². The molecule has 4 aliphatic heterocycles. The first-order chi connectivity index (χ1) is 21.9. The lowest BCUT2D eigenvalue weighted by atomic mass is 9.57. The van der Waals surface area contributed by atoms with Crippen LogP contribution in [0.15, 0.2) is 122 Å². The lowest BCUT2D eigenvalue weighted by molar-refractivity contribution is 0.606. The molecule has 1 atom stereocenters. The molecule has 1 unspecified atom stereocenters. The zero-order valence-corrected chi connectivity index (χ0v) is 25.8. The summed E-state index contributed by atoms with van der Waals surface area (Å²) in [6, 6.07) is 40.5. The summed E-state index contributed by atoms with van der Waals surface area (Å²) in [6.07, 6.45) is 3.88. The maximum atomic E-state index is 5.23. The fraction of sp³-hybridized carbons (Fsp3) is 0.171. The molecular formula is C41H32N4. The Hall–Kier alpha value is -5.22. The molecule has 45 heavy (non-hydrogen) atoms. The molecule has 2 aromatic heterocycles. The van der Waals surface area contributed by atoms with Crippen LogP contribution in [0.2, 0.25) is 0 Å². The predicted octanol–water partition coefficient (Wildman–Crippen LogP) is 9.70. The van der Waals surface area contributed by atoms with Gasteiger partial charge in [-0.1, -0.05) is 113 Å². The van der Waals surface area contributed by atoms with Crippen LogP contribution in [-0.2, 0) is 16.2 Å². The van der Waals surface area contributed by atoms with Crippen LogP contribution in [0.3, 0.4) is 0 Å². The first-order valence-electron chi connectivity index (χ1n) is 15.9. The van der Waals surface area contributed by atoms with Gasteiger partial charge >= 0.3 is 0 Å². The Morgan fingerprint density at radius 2 is 0.822 bits per heavy atom. The van der Waals surface area contributed by atoms with E-state index in [2.05, 4.69) is 147 Å². The van der Waals surface area contributed by atoms with Gasteiger partial charge in [-0.25, -0.2) is 9.97 Å². The summed E-state index contributed by atoms with van der Waals surface area (Å²) in [5, 5.41) is 0. The lowest BCUT2D eigenvalue weighted by Crippen LogP contribution is -2.46. The van der Waals surface area contributed by atoms with E-state index in [4.69, 9.17) is 9.97 Å². The van der Waals surface area contributed by atoms with E-state index in [1.54, 1.807) is 0 Å². The molecule has 6 aromatic rings. The number of hydrogen-bond donors (Lipinski definition) is 0. The summed E-state index contributed by atoms with van der Waals surface area (Å²) in [5.74, 6) is 2.01. The predicted molar refractivity (Wildman–Crippen MR) is 181 cm³/mol. The molecule has 0 amide bonds. The van der Waals surface area contributed by atoms with Crippen LogP contribution in [0.1, 0.15) is 72.2 Å². The molecule has 0 N–H and O–H groups in total. The highest BCUT2D eigenvalue weighted by molar-refractivity contribution is 6.00. The third-order valence-electron chi connectivity index (χ3n) is 11.1. The Labute approximate surface area is 263 Å². The number of anilines is 6. The standard InChI is InChI=1S/C41H32N4/c1-39(2)25-13-5-7-21-33(25)44-35-27(39)15-9-17-29(35)41(32-20-12-24-43-38(32)44)26-14-6-8-22-34(26)45-36-28(16-10-18-30(36)41)40(3,4)31-19-11-23-42-37(31)45/h5-24H,1-4H3. The van der Waals surface area contributed by atoms with E-state index in [1.165, 1.54) is 67.3 Å². The molecule has 0 saturated heterocycles. The highest BCUT2D eigenvalue weighted by Gasteiger charge is 2.56. The maximum Gasteiger partial charge on any atom is 0.142 e. The Morgan fingerprint density at radius 1 is 0.400 bits per heavy atom. The fourth-order valence-electron chi connectivity index (χ4n) is 9.14. The number of rotatable bonds is 0. The first kappa shape index (κ1) is 25.1. The number of para-hydroxylation sites is 4. The molecule has 6 heterocycles. The molecule has 0 saturated carbocycles. The SMILES string of the molecule is CC1(C)c2cccnc2N2c3ccccc3C3(c4cccnc4N4c5ccccc5C(C)(C)c5cccc3c54)c3cccc1c32. The number of benzene rings is 4. The minimum Gasteiger partial charge on any atom is -0.294 e. The van der Waals surface area contributed by atoms with Crippen LogP contribution >= 0.6 is 0 Å². The van der Waals surface area contributed by atoms with Crippen LogP contribution in [0.4, 0.5) is 34.4 Å². The molecule has 0 radical (unpaired) electrons. The second kappa shape index (κ2) is 8.08. The van der Waals surface area contributed by atoms with E-state index in [-0.39, 0.29) is 10.8 Å². The molecule has 0 fully saturated rings. The van der Waals surface area contributed by atoms with Crippen molar-refractivity contribution in [2.75, 3.05) is 9.80 Å². The van der Waals surface area contributed by atoms with E-state index in [1.807, 2.05) is 12.4 Å². The fourth-order valence-corrected chi connectivity index (χ4v) is 9.14. The Balaban J connectivity index is 1.42. The van der Waals surface area contributed by atoms with E-state index < -0.39 is 5.41 Å². The highest BCUT2D eigenvalue weighted by atomic mass is 15.2. The van der Waals surface area contributed by atoms with Gasteiger partial charge in [-0.3, -0.25) is 9.80 Å². The quantitative estimate of drug-likeness (QED) is 0.179. The number of aromatic nitrogens is 2. The Kier molecular flexibility index (Phi) is 4.51. The van der Waals surface area contributed by atoms with Gasteiger partial charge in [-0.15, -0.1) is 0 Å². The number of fused-ring (bicyclic) bond motifs is 12. The van der Waals surface area contributed by atoms with E-state index >= 15 is 0 Å². The Morgan fingerprint density at radius 3 is 1.44 bits per heavy atom. The van der Waals surface area contributed by atoms with Gasteiger partial charge in [0, 0.05) is 34.4 Å².